The van der Waals surface area contributed by atoms with E-state index in [4.69, 9.17) is 9.47 Å². The van der Waals surface area contributed by atoms with Gasteiger partial charge >= 0.3 is 11.9 Å². The normalized spacial score (nSPS) is 43.8. The Kier molecular flexibility index (Phi) is 7.82. The molecule has 0 radical (unpaired) electrons. The monoisotopic (exact) mass is 526 g/mol. The molecule has 4 nitrogen and oxygen atoms in total. The summed E-state index contributed by atoms with van der Waals surface area (Å²) in [5, 5.41) is 0. The minimum Gasteiger partial charge on any atom is -0.462 e. The zero-order valence-corrected chi connectivity index (χ0v) is 25.9. The summed E-state index contributed by atoms with van der Waals surface area (Å²) in [5.41, 5.74) is 3.20. The maximum absolute atomic E-state index is 12.5. The van der Waals surface area contributed by atoms with Crippen molar-refractivity contribution in [2.45, 2.75) is 133 Å². The lowest BCUT2D eigenvalue weighted by molar-refractivity contribution is -0.246. The van der Waals surface area contributed by atoms with E-state index in [1.165, 1.54) is 36.8 Å². The quantitative estimate of drug-likeness (QED) is 0.266. The van der Waals surface area contributed by atoms with Crippen molar-refractivity contribution in [1.29, 1.82) is 0 Å². The van der Waals surface area contributed by atoms with Gasteiger partial charge in [-0.3, -0.25) is 9.59 Å². The van der Waals surface area contributed by atoms with Gasteiger partial charge < -0.3 is 9.47 Å². The maximum Gasteiger partial charge on any atom is 0.302 e. The highest BCUT2D eigenvalue weighted by atomic mass is 16.5. The van der Waals surface area contributed by atoms with Crippen LogP contribution in [-0.2, 0) is 19.1 Å². The molecule has 4 aliphatic carbocycles. The first kappa shape index (κ1) is 29.4. The van der Waals surface area contributed by atoms with Gasteiger partial charge in [-0.05, 0) is 106 Å². The van der Waals surface area contributed by atoms with E-state index in [1.807, 2.05) is 0 Å². The molecule has 4 aliphatic rings. The van der Waals surface area contributed by atoms with Crippen LogP contribution in [0.2, 0.25) is 0 Å². The van der Waals surface area contributed by atoms with Gasteiger partial charge in [0, 0.05) is 25.2 Å². The van der Waals surface area contributed by atoms with E-state index in [-0.39, 0.29) is 45.8 Å². The molecule has 0 aliphatic heterocycles. The fourth-order valence-corrected chi connectivity index (χ4v) is 10.6. The number of rotatable bonds is 5. The average Bonchev–Trinajstić information content (AvgIpc) is 3.16. The molecule has 0 aromatic heterocycles. The summed E-state index contributed by atoms with van der Waals surface area (Å²) in [6, 6.07) is 0. The van der Waals surface area contributed by atoms with Crippen LogP contribution in [0.5, 0.6) is 0 Å². The number of fused-ring (bicyclic) bond motifs is 5. The second kappa shape index (κ2) is 10.1. The molecule has 4 rings (SSSR count). The van der Waals surface area contributed by atoms with E-state index < -0.39 is 0 Å². The van der Waals surface area contributed by atoms with Crippen molar-refractivity contribution in [1.82, 2.24) is 0 Å². The lowest BCUT2D eigenvalue weighted by Crippen LogP contribution is -2.66. The van der Waals surface area contributed by atoms with Crippen molar-refractivity contribution in [3.63, 3.8) is 0 Å². The Bertz CT molecular complexity index is 1000. The van der Waals surface area contributed by atoms with E-state index in [9.17, 15) is 9.59 Å². The Morgan fingerprint density at radius 3 is 2.00 bits per heavy atom. The second-order valence-electron chi connectivity index (χ2n) is 15.0. The largest absolute Gasteiger partial charge is 0.462 e. The van der Waals surface area contributed by atoms with Crippen molar-refractivity contribution < 1.29 is 19.1 Å². The molecule has 0 amide bonds. The average molecular weight is 527 g/mol. The van der Waals surface area contributed by atoms with E-state index in [0.29, 0.717) is 23.7 Å². The maximum atomic E-state index is 12.5. The number of carbonyl (C=O) groups is 2. The minimum absolute atomic E-state index is 0.0249. The summed E-state index contributed by atoms with van der Waals surface area (Å²) in [6.07, 6.45) is 13.3. The highest BCUT2D eigenvalue weighted by Gasteiger charge is 2.71. The van der Waals surface area contributed by atoms with Crippen LogP contribution in [-0.4, -0.2) is 24.1 Å². The first-order valence-corrected chi connectivity index (χ1v) is 15.2. The molecule has 4 unspecified atom stereocenters. The van der Waals surface area contributed by atoms with E-state index >= 15 is 0 Å². The molecule has 9 atom stereocenters. The minimum atomic E-state index is -0.166. The van der Waals surface area contributed by atoms with Crippen molar-refractivity contribution in [2.75, 3.05) is 0 Å². The van der Waals surface area contributed by atoms with Gasteiger partial charge in [0.25, 0.3) is 0 Å². The van der Waals surface area contributed by atoms with Crippen molar-refractivity contribution >= 4 is 11.9 Å². The molecule has 214 valence electrons. The number of esters is 2. The van der Waals surface area contributed by atoms with Crippen molar-refractivity contribution in [3.05, 3.63) is 23.3 Å². The molecule has 0 aromatic carbocycles. The molecular formula is C34H54O4. The number of ether oxygens (including phenoxy) is 2. The van der Waals surface area contributed by atoms with Crippen LogP contribution in [0.15, 0.2) is 23.3 Å². The number of carbonyl (C=O) groups excluding carboxylic acids is 2. The van der Waals surface area contributed by atoms with Crippen LogP contribution in [0.25, 0.3) is 0 Å². The molecular weight excluding hydrogens is 472 g/mol. The fourth-order valence-electron chi connectivity index (χ4n) is 10.6. The summed E-state index contributed by atoms with van der Waals surface area (Å²) in [6.45, 7) is 22.1. The predicted molar refractivity (Wildman–Crippen MR) is 153 cm³/mol. The molecule has 0 heterocycles. The summed E-state index contributed by atoms with van der Waals surface area (Å²) in [5.74, 6) is 1.47. The lowest BCUT2D eigenvalue weighted by Gasteiger charge is -2.70. The standard InChI is InChI=1S/C34H54O4/c1-21(2)12-11-13-22(3)25-14-18-34(10)30(25)26(37-23(4)35)20-28-32(8)17-16-29(38-24(5)36)31(6,7)27(32)15-19-33(28,34)9/h12-13,25-30H,11,14-20H2,1-10H3/b22-13-/t25?,26-,27?,28?,29+,30?,32+,33-,34-/m1/s1. The number of hydrogen-bond donors (Lipinski definition) is 0. The third-order valence-corrected chi connectivity index (χ3v) is 12.5. The van der Waals surface area contributed by atoms with Crippen LogP contribution < -0.4 is 0 Å². The van der Waals surface area contributed by atoms with Gasteiger partial charge in [-0.15, -0.1) is 0 Å². The van der Waals surface area contributed by atoms with Crippen LogP contribution in [0, 0.1) is 45.3 Å². The predicted octanol–water partition coefficient (Wildman–Crippen LogP) is 8.45. The molecule has 0 saturated heterocycles. The Balaban J connectivity index is 1.73. The van der Waals surface area contributed by atoms with Crippen molar-refractivity contribution in [3.8, 4) is 0 Å². The van der Waals surface area contributed by atoms with E-state index in [2.05, 4.69) is 67.5 Å². The van der Waals surface area contributed by atoms with Gasteiger partial charge in [0.2, 0.25) is 0 Å². The second-order valence-corrected chi connectivity index (χ2v) is 15.0. The summed E-state index contributed by atoms with van der Waals surface area (Å²) < 4.78 is 12.2. The summed E-state index contributed by atoms with van der Waals surface area (Å²) in [4.78, 5) is 24.4. The highest BCUT2D eigenvalue weighted by Crippen LogP contribution is 2.76. The van der Waals surface area contributed by atoms with Crippen LogP contribution in [0.3, 0.4) is 0 Å². The fraction of sp³-hybridized carbons (Fsp3) is 0.824. The van der Waals surface area contributed by atoms with Gasteiger partial charge in [-0.25, -0.2) is 0 Å². The molecule has 38 heavy (non-hydrogen) atoms. The van der Waals surface area contributed by atoms with E-state index in [1.54, 1.807) is 13.8 Å². The molecule has 0 spiro atoms. The molecule has 0 bridgehead atoms. The van der Waals surface area contributed by atoms with Crippen LogP contribution in [0.1, 0.15) is 121 Å². The molecule has 0 aromatic rings. The lowest BCUT2D eigenvalue weighted by atomic mass is 9.35. The van der Waals surface area contributed by atoms with Crippen LogP contribution in [0.4, 0.5) is 0 Å². The van der Waals surface area contributed by atoms with E-state index in [0.717, 1.165) is 25.7 Å². The van der Waals surface area contributed by atoms with Crippen molar-refractivity contribution in [2.24, 2.45) is 45.3 Å². The molecule has 4 saturated carbocycles. The summed E-state index contributed by atoms with van der Waals surface area (Å²) in [7, 11) is 0. The first-order chi connectivity index (χ1) is 17.6. The third-order valence-electron chi connectivity index (χ3n) is 12.5. The topological polar surface area (TPSA) is 52.6 Å². The zero-order valence-electron chi connectivity index (χ0n) is 25.9. The molecule has 4 heteroatoms. The number of allylic oxidation sites excluding steroid dienone is 4. The third kappa shape index (κ3) is 4.60. The summed E-state index contributed by atoms with van der Waals surface area (Å²) >= 11 is 0. The zero-order chi connectivity index (χ0) is 28.3. The molecule has 4 fully saturated rings. The van der Waals surface area contributed by atoms with Gasteiger partial charge in [-0.1, -0.05) is 57.9 Å². The van der Waals surface area contributed by atoms with Gasteiger partial charge in [0.1, 0.15) is 12.2 Å². The Morgan fingerprint density at radius 2 is 1.39 bits per heavy atom. The van der Waals surface area contributed by atoms with Gasteiger partial charge in [0.15, 0.2) is 0 Å². The van der Waals surface area contributed by atoms with Gasteiger partial charge in [0.05, 0.1) is 0 Å². The Labute approximate surface area is 232 Å². The molecule has 0 N–H and O–H groups in total. The highest BCUT2D eigenvalue weighted by molar-refractivity contribution is 5.66. The number of hydrogen-bond acceptors (Lipinski definition) is 4. The Hall–Kier alpha value is -1.58. The smallest absolute Gasteiger partial charge is 0.302 e. The van der Waals surface area contributed by atoms with Gasteiger partial charge in [-0.2, -0.15) is 0 Å². The van der Waals surface area contributed by atoms with Crippen LogP contribution >= 0.6 is 0 Å². The SMILES string of the molecule is CC(=O)O[C@H]1CC[C@@]2(C)C(CC[C@]3(C)C2C[C@@H](OC(C)=O)C2C(/C(C)=C\CC=C(C)C)CC[C@]23C)C1(C)C. The Morgan fingerprint density at radius 1 is 0.763 bits per heavy atom. The first-order valence-electron chi connectivity index (χ1n) is 15.2.